The highest BCUT2D eigenvalue weighted by Crippen LogP contribution is 2.32. The van der Waals surface area contributed by atoms with Gasteiger partial charge in [-0.2, -0.15) is 0 Å². The van der Waals surface area contributed by atoms with Crippen LogP contribution in [0.3, 0.4) is 0 Å². The summed E-state index contributed by atoms with van der Waals surface area (Å²) in [5, 5.41) is 22.8. The molecule has 0 spiro atoms. The quantitative estimate of drug-likeness (QED) is 0.517. The van der Waals surface area contributed by atoms with Gasteiger partial charge in [0.05, 0.1) is 16.1 Å². The lowest BCUT2D eigenvalue weighted by Crippen LogP contribution is -2.11. The van der Waals surface area contributed by atoms with E-state index in [9.17, 15) is 19.7 Å². The summed E-state index contributed by atoms with van der Waals surface area (Å²) in [6.07, 6.45) is 0. The largest absolute Gasteiger partial charge is 0.478 e. The first-order valence-corrected chi connectivity index (χ1v) is 7.85. The molecule has 3 rings (SSSR count). The van der Waals surface area contributed by atoms with Crippen molar-refractivity contribution in [2.24, 2.45) is 0 Å². The maximum atomic E-state index is 12.3. The molecule has 0 aliphatic heterocycles. The van der Waals surface area contributed by atoms with Gasteiger partial charge in [0.15, 0.2) is 5.76 Å². The van der Waals surface area contributed by atoms with Gasteiger partial charge < -0.3 is 14.8 Å². The van der Waals surface area contributed by atoms with E-state index in [1.54, 1.807) is 25.1 Å². The Labute approximate surface area is 153 Å². The molecule has 2 aromatic carbocycles. The van der Waals surface area contributed by atoms with Crippen LogP contribution in [-0.4, -0.2) is 21.9 Å². The molecule has 0 atom stereocenters. The minimum atomic E-state index is -1.11. The maximum Gasteiger partial charge on any atom is 0.335 e. The molecule has 0 radical (unpaired) electrons. The van der Waals surface area contributed by atoms with Gasteiger partial charge in [0, 0.05) is 11.8 Å². The number of anilines is 1. The Hall–Kier alpha value is -3.94. The zero-order valence-corrected chi connectivity index (χ0v) is 14.1. The van der Waals surface area contributed by atoms with Crippen molar-refractivity contribution in [2.75, 3.05) is 5.32 Å². The second kappa shape index (κ2) is 7.12. The number of furan rings is 1. The minimum Gasteiger partial charge on any atom is -0.478 e. The predicted molar refractivity (Wildman–Crippen MR) is 96.9 cm³/mol. The van der Waals surface area contributed by atoms with Crippen molar-refractivity contribution in [3.63, 3.8) is 0 Å². The van der Waals surface area contributed by atoms with Gasteiger partial charge in [-0.15, -0.1) is 0 Å². The molecular formula is C19H14N2O6. The van der Waals surface area contributed by atoms with Crippen molar-refractivity contribution in [1.29, 1.82) is 0 Å². The SMILES string of the molecule is Cc1ccc(-c2ccc(C(=O)Nc3cccc(C(=O)O)c3)o2)c([N+](=O)[O-])c1. The molecule has 136 valence electrons. The first-order valence-electron chi connectivity index (χ1n) is 7.85. The summed E-state index contributed by atoms with van der Waals surface area (Å²) >= 11 is 0. The number of carbonyl (C=O) groups is 2. The number of rotatable bonds is 5. The van der Waals surface area contributed by atoms with Gasteiger partial charge in [0.2, 0.25) is 0 Å². The van der Waals surface area contributed by atoms with Gasteiger partial charge in [-0.25, -0.2) is 4.79 Å². The number of carboxylic acid groups (broad SMARTS) is 1. The Balaban J connectivity index is 1.86. The third-order valence-electron chi connectivity index (χ3n) is 3.81. The smallest absolute Gasteiger partial charge is 0.335 e. The van der Waals surface area contributed by atoms with Crippen LogP contribution in [-0.2, 0) is 0 Å². The standard InChI is InChI=1S/C19H14N2O6/c1-11-5-6-14(15(9-11)21(25)26)16-7-8-17(27-16)18(22)20-13-4-2-3-12(10-13)19(23)24/h2-10H,1H3,(H,20,22)(H,23,24). The van der Waals surface area contributed by atoms with E-state index in [4.69, 9.17) is 9.52 Å². The van der Waals surface area contributed by atoms with Crippen molar-refractivity contribution >= 4 is 23.3 Å². The van der Waals surface area contributed by atoms with Gasteiger partial charge in [0.1, 0.15) is 5.76 Å². The van der Waals surface area contributed by atoms with Gasteiger partial charge in [-0.05, 0) is 48.9 Å². The third-order valence-corrected chi connectivity index (χ3v) is 3.81. The highest BCUT2D eigenvalue weighted by molar-refractivity contribution is 6.03. The van der Waals surface area contributed by atoms with E-state index >= 15 is 0 Å². The second-order valence-electron chi connectivity index (χ2n) is 5.78. The predicted octanol–water partition coefficient (Wildman–Crippen LogP) is 4.11. The summed E-state index contributed by atoms with van der Waals surface area (Å²) in [4.78, 5) is 34.1. The second-order valence-corrected chi connectivity index (χ2v) is 5.78. The lowest BCUT2D eigenvalue weighted by atomic mass is 10.1. The van der Waals surface area contributed by atoms with E-state index < -0.39 is 16.8 Å². The molecule has 1 amide bonds. The van der Waals surface area contributed by atoms with Gasteiger partial charge in [-0.1, -0.05) is 12.1 Å². The number of hydrogen-bond acceptors (Lipinski definition) is 5. The van der Waals surface area contributed by atoms with Crippen molar-refractivity contribution in [2.45, 2.75) is 6.92 Å². The summed E-state index contributed by atoms with van der Waals surface area (Å²) in [7, 11) is 0. The number of amides is 1. The monoisotopic (exact) mass is 366 g/mol. The molecular weight excluding hydrogens is 352 g/mol. The van der Waals surface area contributed by atoms with Crippen molar-refractivity contribution in [1.82, 2.24) is 0 Å². The molecule has 27 heavy (non-hydrogen) atoms. The molecule has 0 bridgehead atoms. The molecule has 0 aliphatic carbocycles. The van der Waals surface area contributed by atoms with Crippen LogP contribution in [0, 0.1) is 17.0 Å². The normalized spacial score (nSPS) is 10.4. The molecule has 0 saturated heterocycles. The van der Waals surface area contributed by atoms with Crippen molar-refractivity contribution in [3.05, 3.63) is 81.6 Å². The van der Waals surface area contributed by atoms with Crippen LogP contribution in [0.5, 0.6) is 0 Å². The molecule has 2 N–H and O–H groups in total. The Bertz CT molecular complexity index is 1050. The van der Waals surface area contributed by atoms with Crippen LogP contribution >= 0.6 is 0 Å². The first kappa shape index (κ1) is 17.9. The number of carbonyl (C=O) groups excluding carboxylic acids is 1. The van der Waals surface area contributed by atoms with Crippen LogP contribution in [0.15, 0.2) is 59.0 Å². The van der Waals surface area contributed by atoms with Gasteiger partial charge in [0.25, 0.3) is 11.6 Å². The number of nitrogens with one attached hydrogen (secondary N) is 1. The topological polar surface area (TPSA) is 123 Å². The molecule has 8 nitrogen and oxygen atoms in total. The average Bonchev–Trinajstić information content (AvgIpc) is 3.12. The highest BCUT2D eigenvalue weighted by atomic mass is 16.6. The number of nitrogens with zero attached hydrogens (tertiary/aromatic N) is 1. The van der Waals surface area contributed by atoms with E-state index in [1.807, 2.05) is 0 Å². The summed E-state index contributed by atoms with van der Waals surface area (Å²) in [6.45, 7) is 1.74. The number of benzene rings is 2. The summed E-state index contributed by atoms with van der Waals surface area (Å²) in [5.74, 6) is -1.58. The van der Waals surface area contributed by atoms with E-state index in [0.29, 0.717) is 5.69 Å². The molecule has 0 fully saturated rings. The third kappa shape index (κ3) is 3.84. The van der Waals surface area contributed by atoms with Crippen LogP contribution in [0.4, 0.5) is 11.4 Å². The van der Waals surface area contributed by atoms with E-state index in [-0.39, 0.29) is 28.3 Å². The number of nitro groups is 1. The zero-order valence-electron chi connectivity index (χ0n) is 14.1. The molecule has 1 aromatic heterocycles. The number of carboxylic acids is 1. The van der Waals surface area contributed by atoms with E-state index in [1.165, 1.54) is 36.4 Å². The van der Waals surface area contributed by atoms with Crippen molar-refractivity contribution in [3.8, 4) is 11.3 Å². The van der Waals surface area contributed by atoms with Crippen LogP contribution in [0.25, 0.3) is 11.3 Å². The Morgan fingerprint density at radius 3 is 2.59 bits per heavy atom. The number of aromatic carboxylic acids is 1. The molecule has 3 aromatic rings. The fraction of sp³-hybridized carbons (Fsp3) is 0.0526. The van der Waals surface area contributed by atoms with E-state index in [0.717, 1.165) is 5.56 Å². The van der Waals surface area contributed by atoms with Crippen molar-refractivity contribution < 1.29 is 24.0 Å². The molecule has 0 saturated carbocycles. The van der Waals surface area contributed by atoms with Gasteiger partial charge >= 0.3 is 5.97 Å². The first-order chi connectivity index (χ1) is 12.8. The fourth-order valence-corrected chi connectivity index (χ4v) is 2.53. The van der Waals surface area contributed by atoms with E-state index in [2.05, 4.69) is 5.32 Å². The molecule has 1 heterocycles. The highest BCUT2D eigenvalue weighted by Gasteiger charge is 2.20. The van der Waals surface area contributed by atoms with Crippen LogP contribution < -0.4 is 5.32 Å². The minimum absolute atomic E-state index is 0.0308. The lowest BCUT2D eigenvalue weighted by molar-refractivity contribution is -0.384. The Morgan fingerprint density at radius 2 is 1.89 bits per heavy atom. The number of nitro benzene ring substituents is 1. The molecule has 8 heteroatoms. The van der Waals surface area contributed by atoms with Gasteiger partial charge in [-0.3, -0.25) is 14.9 Å². The number of aryl methyl sites for hydroxylation is 1. The van der Waals surface area contributed by atoms with Crippen LogP contribution in [0.2, 0.25) is 0 Å². The Kier molecular flexibility index (Phi) is 4.71. The zero-order chi connectivity index (χ0) is 19.6. The number of hydrogen-bond donors (Lipinski definition) is 2. The maximum absolute atomic E-state index is 12.3. The fourth-order valence-electron chi connectivity index (χ4n) is 2.53. The lowest BCUT2D eigenvalue weighted by Gasteiger charge is -2.04. The summed E-state index contributed by atoms with van der Waals surface area (Å²) in [5.41, 5.74) is 1.19. The summed E-state index contributed by atoms with van der Waals surface area (Å²) in [6, 6.07) is 13.3. The summed E-state index contributed by atoms with van der Waals surface area (Å²) < 4.78 is 5.48. The molecule has 0 aliphatic rings. The van der Waals surface area contributed by atoms with Crippen LogP contribution in [0.1, 0.15) is 26.5 Å². The average molecular weight is 366 g/mol. The molecule has 0 unspecified atom stereocenters. The Morgan fingerprint density at radius 1 is 1.11 bits per heavy atom.